The number of nitrogens with one attached hydrogen (secondary N) is 2. The molecule has 1 aliphatic rings. The second-order valence-corrected chi connectivity index (χ2v) is 5.60. The third kappa shape index (κ3) is 4.67. The first kappa shape index (κ1) is 17.2. The molecular weight excluding hydrogens is 345 g/mol. The van der Waals surface area contributed by atoms with Crippen LogP contribution < -0.4 is 10.7 Å². The number of benzene rings is 1. The number of halogens is 2. The average Bonchev–Trinajstić information content (AvgIpc) is 2.50. The minimum atomic E-state index is -1.06. The van der Waals surface area contributed by atoms with E-state index >= 15 is 0 Å². The maximum absolute atomic E-state index is 12.0. The molecule has 0 spiro atoms. The normalized spacial score (nSPS) is 15.3. The SMILES string of the molecule is C[C@@H](OC(=O)C1=NNC(=O)CC1)C(=O)Nc1ccc(Cl)cc1Cl. The van der Waals surface area contributed by atoms with Gasteiger partial charge in [-0.25, -0.2) is 10.2 Å². The number of anilines is 1. The highest BCUT2D eigenvalue weighted by Gasteiger charge is 2.24. The Balaban J connectivity index is 1.94. The molecule has 0 saturated heterocycles. The fourth-order valence-corrected chi connectivity index (χ4v) is 2.18. The van der Waals surface area contributed by atoms with E-state index in [0.717, 1.165) is 0 Å². The second kappa shape index (κ2) is 7.43. The summed E-state index contributed by atoms with van der Waals surface area (Å²) in [7, 11) is 0. The summed E-state index contributed by atoms with van der Waals surface area (Å²) in [4.78, 5) is 34.9. The van der Waals surface area contributed by atoms with E-state index in [1.807, 2.05) is 0 Å². The van der Waals surface area contributed by atoms with Gasteiger partial charge in [0.15, 0.2) is 6.10 Å². The van der Waals surface area contributed by atoms with Gasteiger partial charge in [-0.3, -0.25) is 9.59 Å². The van der Waals surface area contributed by atoms with Gasteiger partial charge in [-0.15, -0.1) is 0 Å². The number of carbonyl (C=O) groups is 3. The van der Waals surface area contributed by atoms with Crippen LogP contribution >= 0.6 is 23.2 Å². The molecular formula is C14H13Cl2N3O4. The van der Waals surface area contributed by atoms with Crippen LogP contribution in [0, 0.1) is 0 Å². The smallest absolute Gasteiger partial charge is 0.355 e. The number of rotatable bonds is 4. The standard InChI is InChI=1S/C14H13Cl2N3O4/c1-7(23-14(22)11-4-5-12(20)19-18-11)13(21)17-10-3-2-8(15)6-9(10)16/h2-3,6-7H,4-5H2,1H3,(H,17,21)(H,19,20)/t7-/m1/s1. The second-order valence-electron chi connectivity index (χ2n) is 4.75. The first-order valence-corrected chi connectivity index (χ1v) is 7.44. The van der Waals surface area contributed by atoms with E-state index in [9.17, 15) is 14.4 Å². The minimum absolute atomic E-state index is 0.0637. The highest BCUT2D eigenvalue weighted by molar-refractivity contribution is 6.38. The number of carbonyl (C=O) groups excluding carboxylic acids is 3. The molecule has 1 aromatic carbocycles. The largest absolute Gasteiger partial charge is 0.448 e. The quantitative estimate of drug-likeness (QED) is 0.806. The molecule has 1 heterocycles. The summed E-state index contributed by atoms with van der Waals surface area (Å²) in [6.07, 6.45) is -0.744. The Morgan fingerprint density at radius 3 is 2.70 bits per heavy atom. The number of amides is 2. The minimum Gasteiger partial charge on any atom is -0.448 e. The molecule has 0 unspecified atom stereocenters. The van der Waals surface area contributed by atoms with Crippen molar-refractivity contribution in [2.24, 2.45) is 5.10 Å². The fraction of sp³-hybridized carbons (Fsp3) is 0.286. The average molecular weight is 358 g/mol. The van der Waals surface area contributed by atoms with Crippen molar-refractivity contribution in [2.45, 2.75) is 25.9 Å². The molecule has 2 rings (SSSR count). The van der Waals surface area contributed by atoms with E-state index in [1.54, 1.807) is 6.07 Å². The monoisotopic (exact) mass is 357 g/mol. The maximum Gasteiger partial charge on any atom is 0.355 e. The molecule has 7 nitrogen and oxygen atoms in total. The van der Waals surface area contributed by atoms with E-state index in [2.05, 4.69) is 15.8 Å². The lowest BCUT2D eigenvalue weighted by Gasteiger charge is -2.16. The number of hydrogen-bond donors (Lipinski definition) is 2. The first-order valence-electron chi connectivity index (χ1n) is 6.69. The van der Waals surface area contributed by atoms with Crippen molar-refractivity contribution in [3.63, 3.8) is 0 Å². The van der Waals surface area contributed by atoms with E-state index in [4.69, 9.17) is 27.9 Å². The lowest BCUT2D eigenvalue weighted by Crippen LogP contribution is -2.35. The Labute approximate surface area is 142 Å². The summed E-state index contributed by atoms with van der Waals surface area (Å²) in [6.45, 7) is 1.42. The highest BCUT2D eigenvalue weighted by Crippen LogP contribution is 2.25. The predicted molar refractivity (Wildman–Crippen MR) is 85.5 cm³/mol. The summed E-state index contributed by atoms with van der Waals surface area (Å²) >= 11 is 11.7. The molecule has 2 amide bonds. The molecule has 122 valence electrons. The van der Waals surface area contributed by atoms with Gasteiger partial charge < -0.3 is 10.1 Å². The van der Waals surface area contributed by atoms with Gasteiger partial charge in [-0.05, 0) is 25.1 Å². The zero-order chi connectivity index (χ0) is 17.0. The summed E-state index contributed by atoms with van der Waals surface area (Å²) < 4.78 is 5.02. The molecule has 1 aliphatic heterocycles. The summed E-state index contributed by atoms with van der Waals surface area (Å²) in [5.41, 5.74) is 2.60. The highest BCUT2D eigenvalue weighted by atomic mass is 35.5. The Morgan fingerprint density at radius 1 is 1.35 bits per heavy atom. The molecule has 0 aromatic heterocycles. The number of esters is 1. The molecule has 23 heavy (non-hydrogen) atoms. The van der Waals surface area contributed by atoms with E-state index in [1.165, 1.54) is 19.1 Å². The van der Waals surface area contributed by atoms with Crippen LogP contribution in [0.4, 0.5) is 5.69 Å². The van der Waals surface area contributed by atoms with Crippen LogP contribution in [-0.4, -0.2) is 29.6 Å². The van der Waals surface area contributed by atoms with Crippen LogP contribution in [0.2, 0.25) is 10.0 Å². The maximum atomic E-state index is 12.0. The Morgan fingerprint density at radius 2 is 2.09 bits per heavy atom. The van der Waals surface area contributed by atoms with Crippen molar-refractivity contribution in [1.29, 1.82) is 0 Å². The number of ether oxygens (including phenoxy) is 1. The molecule has 0 saturated carbocycles. The van der Waals surface area contributed by atoms with Gasteiger partial charge >= 0.3 is 5.97 Å². The Kier molecular flexibility index (Phi) is 5.57. The van der Waals surface area contributed by atoms with Crippen molar-refractivity contribution in [2.75, 3.05) is 5.32 Å². The van der Waals surface area contributed by atoms with Crippen LogP contribution in [0.1, 0.15) is 19.8 Å². The lowest BCUT2D eigenvalue weighted by atomic mass is 10.2. The van der Waals surface area contributed by atoms with E-state index in [-0.39, 0.29) is 29.5 Å². The van der Waals surface area contributed by atoms with Crippen LogP contribution in [0.15, 0.2) is 23.3 Å². The third-order valence-electron chi connectivity index (χ3n) is 2.98. The van der Waals surface area contributed by atoms with Crippen molar-refractivity contribution in [3.05, 3.63) is 28.2 Å². The van der Waals surface area contributed by atoms with Crippen molar-refractivity contribution in [1.82, 2.24) is 5.43 Å². The van der Waals surface area contributed by atoms with Gasteiger partial charge in [0.1, 0.15) is 5.71 Å². The zero-order valence-electron chi connectivity index (χ0n) is 12.1. The van der Waals surface area contributed by atoms with Gasteiger partial charge in [0.2, 0.25) is 5.91 Å². The molecule has 0 bridgehead atoms. The zero-order valence-corrected chi connectivity index (χ0v) is 13.6. The summed E-state index contributed by atoms with van der Waals surface area (Å²) in [5.74, 6) is -1.58. The van der Waals surface area contributed by atoms with Crippen LogP contribution in [0.3, 0.4) is 0 Å². The molecule has 0 fully saturated rings. The van der Waals surface area contributed by atoms with Gasteiger partial charge in [0.25, 0.3) is 5.91 Å². The number of hydrazone groups is 1. The fourth-order valence-electron chi connectivity index (χ4n) is 1.73. The van der Waals surface area contributed by atoms with Crippen LogP contribution in [0.25, 0.3) is 0 Å². The number of nitrogens with zero attached hydrogens (tertiary/aromatic N) is 1. The number of hydrogen-bond acceptors (Lipinski definition) is 5. The third-order valence-corrected chi connectivity index (χ3v) is 3.53. The van der Waals surface area contributed by atoms with Gasteiger partial charge in [-0.1, -0.05) is 23.2 Å². The lowest BCUT2D eigenvalue weighted by molar-refractivity contribution is -0.146. The van der Waals surface area contributed by atoms with Gasteiger partial charge in [0, 0.05) is 17.9 Å². The molecule has 0 aliphatic carbocycles. The molecule has 0 radical (unpaired) electrons. The van der Waals surface area contributed by atoms with Crippen molar-refractivity contribution < 1.29 is 19.1 Å². The van der Waals surface area contributed by atoms with Crippen LogP contribution in [-0.2, 0) is 19.1 Å². The summed E-state index contributed by atoms with van der Waals surface area (Å²) in [6, 6.07) is 4.59. The van der Waals surface area contributed by atoms with E-state index < -0.39 is 18.0 Å². The predicted octanol–water partition coefficient (Wildman–Crippen LogP) is 2.13. The molecule has 2 N–H and O–H groups in total. The molecule has 9 heteroatoms. The van der Waals surface area contributed by atoms with Crippen molar-refractivity contribution >= 4 is 52.4 Å². The van der Waals surface area contributed by atoms with Crippen molar-refractivity contribution in [3.8, 4) is 0 Å². The van der Waals surface area contributed by atoms with Crippen LogP contribution in [0.5, 0.6) is 0 Å². The first-order chi connectivity index (χ1) is 10.9. The Hall–Kier alpha value is -2.12. The molecule has 1 atom stereocenters. The van der Waals surface area contributed by atoms with Gasteiger partial charge in [0.05, 0.1) is 10.7 Å². The topological polar surface area (TPSA) is 96.9 Å². The molecule has 1 aromatic rings. The summed E-state index contributed by atoms with van der Waals surface area (Å²) in [5, 5.41) is 6.84. The Bertz CT molecular complexity index is 691. The van der Waals surface area contributed by atoms with E-state index in [0.29, 0.717) is 10.7 Å². The van der Waals surface area contributed by atoms with Gasteiger partial charge in [-0.2, -0.15) is 5.10 Å².